The molecular weight excluding hydrogens is 597 g/mol. The lowest BCUT2D eigenvalue weighted by Crippen LogP contribution is -2.46. The number of carbonyl (C=O) groups excluding carboxylic acids is 4. The molecule has 39 heavy (non-hydrogen) atoms. The minimum absolute atomic E-state index is 0.158. The number of hydrogen-bond donors (Lipinski definition) is 1. The van der Waals surface area contributed by atoms with Crippen molar-refractivity contribution in [3.8, 4) is 11.5 Å². The number of imide groups is 1. The van der Waals surface area contributed by atoms with Gasteiger partial charge in [-0.3, -0.25) is 24.1 Å². The lowest BCUT2D eigenvalue weighted by atomic mass is 10.1. The standard InChI is InChI=1S/C26H25BrFN3O7S/c1-2-37-20-11-16(19(27)13-21(20)38-15-23(32)29-18-5-3-17(28)4-6-18)12-22-25(34)31(26(35)39-22)14-24(33)30-7-9-36-10-8-30/h3-6,11-13H,2,7-10,14-15H2,1H3,(H,29,32)/b22-12+. The summed E-state index contributed by atoms with van der Waals surface area (Å²) in [6.07, 6.45) is 1.53. The van der Waals surface area contributed by atoms with Crippen LogP contribution in [0.3, 0.4) is 0 Å². The van der Waals surface area contributed by atoms with Crippen LogP contribution in [0.5, 0.6) is 11.5 Å². The van der Waals surface area contributed by atoms with Crippen LogP contribution >= 0.6 is 27.7 Å². The van der Waals surface area contributed by atoms with Gasteiger partial charge in [-0.1, -0.05) is 15.9 Å². The third-order valence-electron chi connectivity index (χ3n) is 5.67. The minimum Gasteiger partial charge on any atom is -0.490 e. The first-order chi connectivity index (χ1) is 18.7. The van der Waals surface area contributed by atoms with Gasteiger partial charge < -0.3 is 24.4 Å². The molecule has 13 heteroatoms. The third kappa shape index (κ3) is 7.37. The first-order valence-electron chi connectivity index (χ1n) is 12.0. The van der Waals surface area contributed by atoms with Gasteiger partial charge in [0, 0.05) is 23.2 Å². The monoisotopic (exact) mass is 621 g/mol. The van der Waals surface area contributed by atoms with Crippen LogP contribution in [0.4, 0.5) is 14.9 Å². The maximum absolute atomic E-state index is 13.1. The van der Waals surface area contributed by atoms with Crippen LogP contribution in [0.2, 0.25) is 0 Å². The Morgan fingerprint density at radius 2 is 1.82 bits per heavy atom. The summed E-state index contributed by atoms with van der Waals surface area (Å²) in [5.41, 5.74) is 0.957. The first-order valence-corrected chi connectivity index (χ1v) is 13.6. The maximum atomic E-state index is 13.1. The zero-order valence-corrected chi connectivity index (χ0v) is 23.3. The Balaban J connectivity index is 1.45. The molecule has 2 aliphatic rings. The van der Waals surface area contributed by atoms with Crippen LogP contribution < -0.4 is 14.8 Å². The highest BCUT2D eigenvalue weighted by atomic mass is 79.9. The fourth-order valence-electron chi connectivity index (χ4n) is 3.74. The van der Waals surface area contributed by atoms with E-state index < -0.39 is 22.9 Å². The summed E-state index contributed by atoms with van der Waals surface area (Å²) < 4.78 is 30.2. The van der Waals surface area contributed by atoms with Crippen molar-refractivity contribution in [1.29, 1.82) is 0 Å². The van der Waals surface area contributed by atoms with E-state index in [-0.39, 0.29) is 29.7 Å². The maximum Gasteiger partial charge on any atom is 0.294 e. The molecule has 2 heterocycles. The molecule has 0 atom stereocenters. The highest BCUT2D eigenvalue weighted by molar-refractivity contribution is 9.10. The Morgan fingerprint density at radius 1 is 1.13 bits per heavy atom. The van der Waals surface area contributed by atoms with Gasteiger partial charge in [-0.15, -0.1) is 0 Å². The average molecular weight is 622 g/mol. The lowest BCUT2D eigenvalue weighted by molar-refractivity contribution is -0.139. The summed E-state index contributed by atoms with van der Waals surface area (Å²) in [6, 6.07) is 8.54. The van der Waals surface area contributed by atoms with E-state index in [4.69, 9.17) is 14.2 Å². The third-order valence-corrected chi connectivity index (χ3v) is 7.26. The predicted octanol–water partition coefficient (Wildman–Crippen LogP) is 3.90. The summed E-state index contributed by atoms with van der Waals surface area (Å²) in [6.45, 7) is 3.09. The van der Waals surface area contributed by atoms with Crippen LogP contribution in [-0.4, -0.2) is 78.8 Å². The van der Waals surface area contributed by atoms with Gasteiger partial charge in [0.25, 0.3) is 17.1 Å². The SMILES string of the molecule is CCOc1cc(/C=C2/SC(=O)N(CC(=O)N3CCOCC3)C2=O)c(Br)cc1OCC(=O)Nc1ccc(F)cc1. The normalized spacial score (nSPS) is 16.5. The fourth-order valence-corrected chi connectivity index (χ4v) is 5.01. The van der Waals surface area contributed by atoms with Crippen molar-refractivity contribution in [3.05, 3.63) is 57.2 Å². The molecule has 0 unspecified atom stereocenters. The topological polar surface area (TPSA) is 114 Å². The van der Waals surface area contributed by atoms with Gasteiger partial charge in [0.1, 0.15) is 12.4 Å². The van der Waals surface area contributed by atoms with Crippen LogP contribution in [0.1, 0.15) is 12.5 Å². The lowest BCUT2D eigenvalue weighted by Gasteiger charge is -2.28. The number of amides is 4. The van der Waals surface area contributed by atoms with E-state index in [1.165, 1.54) is 30.3 Å². The Kier molecular flexibility index (Phi) is 9.59. The average Bonchev–Trinajstić information content (AvgIpc) is 3.18. The molecular formula is C26H25BrFN3O7S. The van der Waals surface area contributed by atoms with Gasteiger partial charge in [-0.25, -0.2) is 4.39 Å². The molecule has 1 N–H and O–H groups in total. The van der Waals surface area contributed by atoms with E-state index in [2.05, 4.69) is 21.2 Å². The van der Waals surface area contributed by atoms with Crippen LogP contribution in [-0.2, 0) is 19.1 Å². The minimum atomic E-state index is -0.561. The number of ether oxygens (including phenoxy) is 3. The number of nitrogens with one attached hydrogen (secondary N) is 1. The molecule has 2 fully saturated rings. The van der Waals surface area contributed by atoms with Gasteiger partial charge in [-0.2, -0.15) is 0 Å². The molecule has 0 aliphatic carbocycles. The number of anilines is 1. The molecule has 2 aromatic rings. The molecule has 206 valence electrons. The molecule has 0 aromatic heterocycles. The molecule has 4 amide bonds. The Labute approximate surface area is 236 Å². The van der Waals surface area contributed by atoms with E-state index in [0.29, 0.717) is 54.4 Å². The van der Waals surface area contributed by atoms with Gasteiger partial charge >= 0.3 is 0 Å². The molecule has 2 saturated heterocycles. The largest absolute Gasteiger partial charge is 0.490 e. The van der Waals surface area contributed by atoms with Crippen molar-refractivity contribution in [2.45, 2.75) is 6.92 Å². The van der Waals surface area contributed by atoms with Gasteiger partial charge in [0.2, 0.25) is 5.91 Å². The summed E-state index contributed by atoms with van der Waals surface area (Å²) in [5, 5.41) is 2.08. The highest BCUT2D eigenvalue weighted by Gasteiger charge is 2.37. The van der Waals surface area contributed by atoms with Gasteiger partial charge in [-0.05, 0) is 66.7 Å². The van der Waals surface area contributed by atoms with Gasteiger partial charge in [0.15, 0.2) is 18.1 Å². The van der Waals surface area contributed by atoms with E-state index in [1.807, 2.05) is 0 Å². The number of rotatable bonds is 9. The summed E-state index contributed by atoms with van der Waals surface area (Å²) >= 11 is 4.19. The second-order valence-electron chi connectivity index (χ2n) is 8.36. The van der Waals surface area contributed by atoms with Crippen molar-refractivity contribution in [2.75, 3.05) is 51.4 Å². The second kappa shape index (κ2) is 13.1. The van der Waals surface area contributed by atoms with Crippen molar-refractivity contribution in [2.24, 2.45) is 0 Å². The number of carbonyl (C=O) groups is 4. The Morgan fingerprint density at radius 3 is 2.51 bits per heavy atom. The number of morpholine rings is 1. The molecule has 2 aliphatic heterocycles. The van der Waals surface area contributed by atoms with E-state index in [1.54, 1.807) is 24.0 Å². The molecule has 4 rings (SSSR count). The number of halogens is 2. The molecule has 0 saturated carbocycles. The predicted molar refractivity (Wildman–Crippen MR) is 146 cm³/mol. The number of benzene rings is 2. The number of hydrogen-bond acceptors (Lipinski definition) is 8. The van der Waals surface area contributed by atoms with Crippen molar-refractivity contribution < 1.29 is 37.8 Å². The fraction of sp³-hybridized carbons (Fsp3) is 0.308. The van der Waals surface area contributed by atoms with Crippen molar-refractivity contribution in [3.63, 3.8) is 0 Å². The van der Waals surface area contributed by atoms with E-state index >= 15 is 0 Å². The molecule has 2 aromatic carbocycles. The molecule has 0 radical (unpaired) electrons. The summed E-state index contributed by atoms with van der Waals surface area (Å²) in [7, 11) is 0. The Bertz CT molecular complexity index is 1300. The van der Waals surface area contributed by atoms with E-state index in [9.17, 15) is 23.6 Å². The van der Waals surface area contributed by atoms with Crippen molar-refractivity contribution >= 4 is 62.4 Å². The smallest absolute Gasteiger partial charge is 0.294 e. The van der Waals surface area contributed by atoms with Crippen LogP contribution in [0.25, 0.3) is 6.08 Å². The zero-order valence-electron chi connectivity index (χ0n) is 20.9. The quantitative estimate of drug-likeness (QED) is 0.419. The van der Waals surface area contributed by atoms with E-state index in [0.717, 1.165) is 16.7 Å². The second-order valence-corrected chi connectivity index (χ2v) is 10.2. The summed E-state index contributed by atoms with van der Waals surface area (Å²) in [4.78, 5) is 53.0. The molecule has 0 bridgehead atoms. The Hall–Kier alpha value is -3.42. The van der Waals surface area contributed by atoms with Gasteiger partial charge in [0.05, 0.1) is 24.7 Å². The molecule has 0 spiro atoms. The molecule has 10 nitrogen and oxygen atoms in total. The van der Waals surface area contributed by atoms with Crippen LogP contribution in [0, 0.1) is 5.82 Å². The first kappa shape index (κ1) is 28.6. The van der Waals surface area contributed by atoms with Crippen molar-refractivity contribution in [1.82, 2.24) is 9.80 Å². The summed E-state index contributed by atoms with van der Waals surface area (Å²) in [5.74, 6) is -1.14. The zero-order chi connectivity index (χ0) is 27.9. The highest BCUT2D eigenvalue weighted by Crippen LogP contribution is 2.38. The number of thioether (sulfide) groups is 1. The number of nitrogens with zero attached hydrogens (tertiary/aromatic N) is 2. The van der Waals surface area contributed by atoms with Crippen LogP contribution in [0.15, 0.2) is 45.8 Å².